The van der Waals surface area contributed by atoms with Gasteiger partial charge in [-0.25, -0.2) is 0 Å². The number of para-hydroxylation sites is 1. The number of rotatable bonds is 6. The summed E-state index contributed by atoms with van der Waals surface area (Å²) in [4.78, 5) is 25.9. The Balaban J connectivity index is 1.14. The minimum Gasteiger partial charge on any atom is -0.454 e. The van der Waals surface area contributed by atoms with Gasteiger partial charge in [-0.05, 0) is 68.3 Å². The van der Waals surface area contributed by atoms with Gasteiger partial charge in [0.15, 0.2) is 11.5 Å². The van der Waals surface area contributed by atoms with Crippen molar-refractivity contribution in [3.63, 3.8) is 0 Å². The summed E-state index contributed by atoms with van der Waals surface area (Å²) in [7, 11) is 0. The first kappa shape index (κ1) is 21.8. The number of carbonyl (C=O) groups excluding carboxylic acids is 2. The lowest BCUT2D eigenvalue weighted by Crippen LogP contribution is -2.49. The lowest BCUT2D eigenvalue weighted by molar-refractivity contribution is -0.123. The monoisotopic (exact) mass is 449 g/mol. The van der Waals surface area contributed by atoms with Gasteiger partial charge in [0.05, 0.1) is 6.54 Å². The molecule has 0 spiro atoms. The Morgan fingerprint density at radius 1 is 1.18 bits per heavy atom. The SMILES string of the molecule is C[C@@H](NCC1CC[C@H](c2ccc(C(=O)N3CCNC(=O)C3)cc2)C1)c1cccc2c1OCO2. The Morgan fingerprint density at radius 3 is 2.85 bits per heavy atom. The van der Waals surface area contributed by atoms with Gasteiger partial charge >= 0.3 is 0 Å². The number of carbonyl (C=O) groups is 2. The maximum Gasteiger partial charge on any atom is 0.254 e. The van der Waals surface area contributed by atoms with Crippen LogP contribution in [0.3, 0.4) is 0 Å². The van der Waals surface area contributed by atoms with Gasteiger partial charge in [0.25, 0.3) is 5.91 Å². The molecule has 174 valence electrons. The lowest BCUT2D eigenvalue weighted by atomic mass is 9.95. The van der Waals surface area contributed by atoms with Crippen molar-refractivity contribution in [3.05, 3.63) is 59.2 Å². The van der Waals surface area contributed by atoms with E-state index in [2.05, 4.69) is 35.8 Å². The van der Waals surface area contributed by atoms with E-state index in [1.54, 1.807) is 4.90 Å². The molecule has 7 heteroatoms. The van der Waals surface area contributed by atoms with Crippen LogP contribution in [0.2, 0.25) is 0 Å². The average molecular weight is 450 g/mol. The molecule has 2 aliphatic heterocycles. The van der Waals surface area contributed by atoms with E-state index in [0.29, 0.717) is 37.3 Å². The van der Waals surface area contributed by atoms with Gasteiger partial charge in [-0.15, -0.1) is 0 Å². The fourth-order valence-electron chi connectivity index (χ4n) is 5.20. The summed E-state index contributed by atoms with van der Waals surface area (Å²) in [5.74, 6) is 2.67. The summed E-state index contributed by atoms with van der Waals surface area (Å²) in [6, 6.07) is 14.3. The second-order valence-electron chi connectivity index (χ2n) is 9.29. The highest BCUT2D eigenvalue weighted by molar-refractivity contribution is 5.97. The van der Waals surface area contributed by atoms with Crippen molar-refractivity contribution >= 4 is 11.8 Å². The molecule has 1 saturated carbocycles. The lowest BCUT2D eigenvalue weighted by Gasteiger charge is -2.26. The Morgan fingerprint density at radius 2 is 2.03 bits per heavy atom. The summed E-state index contributed by atoms with van der Waals surface area (Å²) in [6.07, 6.45) is 3.50. The van der Waals surface area contributed by atoms with Crippen molar-refractivity contribution < 1.29 is 19.1 Å². The van der Waals surface area contributed by atoms with E-state index in [0.717, 1.165) is 36.4 Å². The molecule has 1 aliphatic carbocycles. The third-order valence-corrected chi connectivity index (χ3v) is 7.10. The molecule has 1 saturated heterocycles. The number of hydrogen-bond acceptors (Lipinski definition) is 5. The van der Waals surface area contributed by atoms with Gasteiger partial charge in [0, 0.05) is 30.3 Å². The van der Waals surface area contributed by atoms with E-state index in [4.69, 9.17) is 9.47 Å². The van der Waals surface area contributed by atoms with Crippen LogP contribution in [0.4, 0.5) is 0 Å². The summed E-state index contributed by atoms with van der Waals surface area (Å²) in [6.45, 7) is 4.66. The summed E-state index contributed by atoms with van der Waals surface area (Å²) in [5, 5.41) is 6.44. The molecule has 33 heavy (non-hydrogen) atoms. The van der Waals surface area contributed by atoms with E-state index in [1.807, 2.05) is 24.3 Å². The zero-order valence-electron chi connectivity index (χ0n) is 19.0. The maximum absolute atomic E-state index is 12.7. The van der Waals surface area contributed by atoms with E-state index in [1.165, 1.54) is 12.0 Å². The van der Waals surface area contributed by atoms with Crippen LogP contribution in [-0.2, 0) is 4.79 Å². The van der Waals surface area contributed by atoms with Gasteiger partial charge in [-0.2, -0.15) is 0 Å². The normalized spacial score (nSPS) is 22.8. The first-order valence-corrected chi connectivity index (χ1v) is 11.9. The summed E-state index contributed by atoms with van der Waals surface area (Å²) < 4.78 is 11.2. The molecule has 2 N–H and O–H groups in total. The highest BCUT2D eigenvalue weighted by Gasteiger charge is 2.28. The standard InChI is InChI=1S/C26H31N3O4/c1-17(22-3-2-4-23-25(22)33-16-32-23)28-14-18-5-6-21(13-18)19-7-9-20(10-8-19)26(31)29-12-11-27-24(30)15-29/h2-4,7-10,17-18,21,28H,5-6,11-16H2,1H3,(H,27,30)/t17-,18?,21+/m1/s1. The molecular formula is C26H31N3O4. The minimum absolute atomic E-state index is 0.0688. The molecule has 1 unspecified atom stereocenters. The van der Waals surface area contributed by atoms with Crippen LogP contribution in [0.1, 0.15) is 59.6 Å². The predicted octanol–water partition coefficient (Wildman–Crippen LogP) is 3.22. The molecule has 2 fully saturated rings. The molecule has 2 aromatic carbocycles. The molecule has 3 aliphatic rings. The molecule has 2 aromatic rings. The summed E-state index contributed by atoms with van der Waals surface area (Å²) >= 11 is 0. The molecule has 2 heterocycles. The molecule has 0 aromatic heterocycles. The van der Waals surface area contributed by atoms with Crippen molar-refractivity contribution in [2.24, 2.45) is 5.92 Å². The topological polar surface area (TPSA) is 79.9 Å². The van der Waals surface area contributed by atoms with Crippen LogP contribution in [0.25, 0.3) is 0 Å². The van der Waals surface area contributed by atoms with E-state index >= 15 is 0 Å². The van der Waals surface area contributed by atoms with Crippen LogP contribution < -0.4 is 20.1 Å². The van der Waals surface area contributed by atoms with Crippen LogP contribution >= 0.6 is 0 Å². The molecule has 2 amide bonds. The van der Waals surface area contributed by atoms with Gasteiger partial charge in [-0.3, -0.25) is 9.59 Å². The average Bonchev–Trinajstić information content (AvgIpc) is 3.52. The third kappa shape index (κ3) is 4.69. The number of benzene rings is 2. The van der Waals surface area contributed by atoms with Crippen LogP contribution in [0.15, 0.2) is 42.5 Å². The van der Waals surface area contributed by atoms with E-state index in [9.17, 15) is 9.59 Å². The minimum atomic E-state index is -0.0938. The Labute approximate surface area is 194 Å². The van der Waals surface area contributed by atoms with E-state index in [-0.39, 0.29) is 24.4 Å². The first-order chi connectivity index (χ1) is 16.1. The predicted molar refractivity (Wildman–Crippen MR) is 124 cm³/mol. The molecule has 0 bridgehead atoms. The molecular weight excluding hydrogens is 418 g/mol. The quantitative estimate of drug-likeness (QED) is 0.708. The van der Waals surface area contributed by atoms with Crippen LogP contribution in [0, 0.1) is 5.92 Å². The van der Waals surface area contributed by atoms with Gasteiger partial charge in [0.2, 0.25) is 12.7 Å². The zero-order chi connectivity index (χ0) is 22.8. The Kier molecular flexibility index (Phi) is 6.22. The third-order valence-electron chi connectivity index (χ3n) is 7.10. The van der Waals surface area contributed by atoms with Gasteiger partial charge in [0.1, 0.15) is 0 Å². The number of fused-ring (bicyclic) bond motifs is 1. The second-order valence-corrected chi connectivity index (χ2v) is 9.29. The highest BCUT2D eigenvalue weighted by Crippen LogP contribution is 2.40. The number of nitrogens with zero attached hydrogens (tertiary/aromatic N) is 1. The first-order valence-electron chi connectivity index (χ1n) is 11.9. The van der Waals surface area contributed by atoms with Crippen molar-refractivity contribution in [1.82, 2.24) is 15.5 Å². The zero-order valence-corrected chi connectivity index (χ0v) is 19.0. The molecule has 0 radical (unpaired) electrons. The number of amides is 2. The van der Waals surface area contributed by atoms with Gasteiger partial charge < -0.3 is 25.0 Å². The van der Waals surface area contributed by atoms with Crippen LogP contribution in [0.5, 0.6) is 11.5 Å². The number of ether oxygens (including phenoxy) is 2. The van der Waals surface area contributed by atoms with E-state index < -0.39 is 0 Å². The number of piperazine rings is 1. The number of nitrogens with one attached hydrogen (secondary N) is 2. The van der Waals surface area contributed by atoms with Crippen molar-refractivity contribution in [1.29, 1.82) is 0 Å². The van der Waals surface area contributed by atoms with Crippen LogP contribution in [-0.4, -0.2) is 49.7 Å². The number of hydrogen-bond donors (Lipinski definition) is 2. The molecule has 7 nitrogen and oxygen atoms in total. The van der Waals surface area contributed by atoms with Gasteiger partial charge in [-0.1, -0.05) is 24.3 Å². The fraction of sp³-hybridized carbons (Fsp3) is 0.462. The molecule has 3 atom stereocenters. The Bertz CT molecular complexity index is 1020. The second kappa shape index (κ2) is 9.43. The Hall–Kier alpha value is -3.06. The summed E-state index contributed by atoms with van der Waals surface area (Å²) in [5.41, 5.74) is 3.09. The highest BCUT2D eigenvalue weighted by atomic mass is 16.7. The van der Waals surface area contributed by atoms with Crippen molar-refractivity contribution in [2.45, 2.75) is 38.1 Å². The maximum atomic E-state index is 12.7. The fourth-order valence-corrected chi connectivity index (χ4v) is 5.20. The largest absolute Gasteiger partial charge is 0.454 e. The van der Waals surface area contributed by atoms with Crippen molar-refractivity contribution in [2.75, 3.05) is 33.0 Å². The molecule has 5 rings (SSSR count). The van der Waals surface area contributed by atoms with Crippen molar-refractivity contribution in [3.8, 4) is 11.5 Å². The smallest absolute Gasteiger partial charge is 0.254 e.